The van der Waals surface area contributed by atoms with E-state index >= 15 is 0 Å². The van der Waals surface area contributed by atoms with Gasteiger partial charge in [-0.05, 0) is 19.3 Å². The molecule has 7 nitrogen and oxygen atoms in total. The summed E-state index contributed by atoms with van der Waals surface area (Å²) in [4.78, 5) is 38.2. The van der Waals surface area contributed by atoms with E-state index in [1.54, 1.807) is 0 Å². The Hall–Kier alpha value is -1.47. The molecule has 3 saturated heterocycles. The molecule has 0 aromatic carbocycles. The number of nitrogens with one attached hydrogen (secondary N) is 1. The Bertz CT molecular complexity index is 482. The van der Waals surface area contributed by atoms with E-state index in [2.05, 4.69) is 12.2 Å². The van der Waals surface area contributed by atoms with Crippen LogP contribution in [0.2, 0.25) is 0 Å². The van der Waals surface area contributed by atoms with Crippen molar-refractivity contribution < 1.29 is 19.1 Å². The zero-order valence-electron chi connectivity index (χ0n) is 13.5. The molecule has 3 N–H and O–H groups in total. The maximum Gasteiger partial charge on any atom is 0.240 e. The Morgan fingerprint density at radius 1 is 1.30 bits per heavy atom. The number of ether oxygens (including phenoxy) is 1. The van der Waals surface area contributed by atoms with E-state index in [1.165, 1.54) is 0 Å². The fraction of sp³-hybridized carbons (Fsp3) is 0.812. The van der Waals surface area contributed by atoms with Crippen LogP contribution in [0.1, 0.15) is 39.0 Å². The lowest BCUT2D eigenvalue weighted by Gasteiger charge is -2.20. The topological polar surface area (TPSA) is 102 Å². The molecule has 0 saturated carbocycles. The Kier molecular flexibility index (Phi) is 4.68. The number of hydrogen-bond donors (Lipinski definition) is 2. The Balaban J connectivity index is 1.59. The summed E-state index contributed by atoms with van der Waals surface area (Å²) in [6, 6.07) is -0.103. The summed E-state index contributed by atoms with van der Waals surface area (Å²) in [6.07, 6.45) is 4.20. The van der Waals surface area contributed by atoms with E-state index in [0.29, 0.717) is 6.54 Å². The van der Waals surface area contributed by atoms with Crippen LogP contribution >= 0.6 is 0 Å². The highest BCUT2D eigenvalue weighted by atomic mass is 16.5. The minimum absolute atomic E-state index is 0.103. The van der Waals surface area contributed by atoms with Crippen LogP contribution in [0.5, 0.6) is 0 Å². The molecule has 3 heterocycles. The van der Waals surface area contributed by atoms with Crippen molar-refractivity contribution in [2.24, 2.45) is 17.6 Å². The molecule has 3 amide bonds. The molecule has 0 spiro atoms. The minimum Gasteiger partial charge on any atom is -0.373 e. The van der Waals surface area contributed by atoms with Gasteiger partial charge in [0.1, 0.15) is 6.54 Å². The largest absolute Gasteiger partial charge is 0.373 e. The van der Waals surface area contributed by atoms with Crippen molar-refractivity contribution in [1.82, 2.24) is 10.2 Å². The van der Waals surface area contributed by atoms with Crippen LogP contribution < -0.4 is 11.1 Å². The van der Waals surface area contributed by atoms with Gasteiger partial charge in [0.15, 0.2) is 0 Å². The minimum atomic E-state index is -0.376. The predicted molar refractivity (Wildman–Crippen MR) is 82.1 cm³/mol. The number of nitrogens with two attached hydrogens (primary N) is 1. The first-order chi connectivity index (χ1) is 11.1. The Morgan fingerprint density at radius 2 is 1.91 bits per heavy atom. The van der Waals surface area contributed by atoms with E-state index in [9.17, 15) is 14.4 Å². The molecule has 2 bridgehead atoms. The molecule has 7 heteroatoms. The average molecular weight is 323 g/mol. The number of unbranched alkanes of at least 4 members (excludes halogenated alkanes) is 1. The first-order valence-electron chi connectivity index (χ1n) is 8.57. The molecule has 5 unspecified atom stereocenters. The molecule has 0 aromatic rings. The van der Waals surface area contributed by atoms with Gasteiger partial charge in [-0.1, -0.05) is 19.8 Å². The van der Waals surface area contributed by atoms with Gasteiger partial charge < -0.3 is 15.8 Å². The lowest BCUT2D eigenvalue weighted by Crippen LogP contribution is -2.47. The molecule has 0 aromatic heterocycles. The average Bonchev–Trinajstić information content (AvgIpc) is 3.21. The quantitative estimate of drug-likeness (QED) is 0.631. The van der Waals surface area contributed by atoms with Crippen LogP contribution in [0.4, 0.5) is 0 Å². The van der Waals surface area contributed by atoms with Crippen LogP contribution in [0.15, 0.2) is 0 Å². The van der Waals surface area contributed by atoms with Gasteiger partial charge in [0.25, 0.3) is 0 Å². The fourth-order valence-corrected chi connectivity index (χ4v) is 4.05. The van der Waals surface area contributed by atoms with Gasteiger partial charge in [0.2, 0.25) is 17.7 Å². The molecular formula is C16H25N3O4. The second kappa shape index (κ2) is 6.57. The molecule has 5 atom stereocenters. The number of amides is 3. The number of likely N-dealkylation sites (tertiary alicyclic amines) is 1. The summed E-state index contributed by atoms with van der Waals surface area (Å²) >= 11 is 0. The van der Waals surface area contributed by atoms with Crippen molar-refractivity contribution in [3.05, 3.63) is 0 Å². The predicted octanol–water partition coefficient (Wildman–Crippen LogP) is -0.217. The van der Waals surface area contributed by atoms with Crippen molar-refractivity contribution in [2.45, 2.75) is 57.3 Å². The van der Waals surface area contributed by atoms with E-state index in [0.717, 1.165) is 37.0 Å². The monoisotopic (exact) mass is 323 g/mol. The van der Waals surface area contributed by atoms with Gasteiger partial charge in [-0.2, -0.15) is 0 Å². The number of hydrogen-bond acceptors (Lipinski definition) is 5. The molecule has 128 valence electrons. The maximum atomic E-state index is 12.5. The van der Waals surface area contributed by atoms with Crippen LogP contribution in [0.25, 0.3) is 0 Å². The summed E-state index contributed by atoms with van der Waals surface area (Å²) < 4.78 is 5.67. The zero-order chi connectivity index (χ0) is 16.6. The molecule has 3 aliphatic heterocycles. The van der Waals surface area contributed by atoms with E-state index in [-0.39, 0.29) is 54.4 Å². The van der Waals surface area contributed by atoms with Gasteiger partial charge >= 0.3 is 0 Å². The number of carbonyl (C=O) groups excluding carboxylic acids is 3. The van der Waals surface area contributed by atoms with E-state index in [1.807, 2.05) is 0 Å². The summed E-state index contributed by atoms with van der Waals surface area (Å²) in [7, 11) is 0. The highest BCUT2D eigenvalue weighted by Gasteiger charge is 2.62. The molecule has 0 radical (unpaired) electrons. The van der Waals surface area contributed by atoms with Crippen molar-refractivity contribution in [2.75, 3.05) is 13.1 Å². The van der Waals surface area contributed by atoms with Crippen molar-refractivity contribution >= 4 is 17.7 Å². The summed E-state index contributed by atoms with van der Waals surface area (Å²) in [5.41, 5.74) is 5.67. The maximum absolute atomic E-state index is 12.5. The lowest BCUT2D eigenvalue weighted by atomic mass is 9.81. The Labute approximate surface area is 135 Å². The molecule has 23 heavy (non-hydrogen) atoms. The van der Waals surface area contributed by atoms with Crippen LogP contribution in [-0.4, -0.2) is 54.0 Å². The van der Waals surface area contributed by atoms with Crippen LogP contribution in [0, 0.1) is 11.8 Å². The third kappa shape index (κ3) is 2.87. The highest BCUT2D eigenvalue weighted by molar-refractivity contribution is 6.08. The third-order valence-electron chi connectivity index (χ3n) is 5.23. The van der Waals surface area contributed by atoms with Crippen molar-refractivity contribution in [1.29, 1.82) is 0 Å². The number of fused-ring (bicyclic) bond motifs is 5. The van der Waals surface area contributed by atoms with E-state index < -0.39 is 0 Å². The number of carbonyl (C=O) groups is 3. The molecule has 0 aliphatic carbocycles. The first kappa shape index (κ1) is 16.4. The van der Waals surface area contributed by atoms with Gasteiger partial charge in [0.05, 0.1) is 24.0 Å². The molecular weight excluding hydrogens is 298 g/mol. The molecule has 3 fully saturated rings. The normalized spacial score (nSPS) is 33.2. The smallest absolute Gasteiger partial charge is 0.240 e. The first-order valence-corrected chi connectivity index (χ1v) is 8.57. The second-order valence-electron chi connectivity index (χ2n) is 6.75. The van der Waals surface area contributed by atoms with Gasteiger partial charge in [-0.3, -0.25) is 19.3 Å². The van der Waals surface area contributed by atoms with Gasteiger partial charge in [0, 0.05) is 12.6 Å². The summed E-state index contributed by atoms with van der Waals surface area (Å²) in [5.74, 6) is -1.56. The third-order valence-corrected chi connectivity index (χ3v) is 5.23. The molecule has 3 rings (SSSR count). The highest BCUT2D eigenvalue weighted by Crippen LogP contribution is 2.48. The number of rotatable bonds is 7. The summed E-state index contributed by atoms with van der Waals surface area (Å²) in [5, 5.41) is 2.83. The van der Waals surface area contributed by atoms with Crippen LogP contribution in [-0.2, 0) is 19.1 Å². The molecule has 3 aliphatic rings. The zero-order valence-corrected chi connectivity index (χ0v) is 13.5. The van der Waals surface area contributed by atoms with Crippen molar-refractivity contribution in [3.8, 4) is 0 Å². The summed E-state index contributed by atoms with van der Waals surface area (Å²) in [6.45, 7) is 2.23. The SMILES string of the molecule is CCCCC(CN)NC(=O)CN1C(=O)C2C3CCC(O3)C2C1=O. The van der Waals surface area contributed by atoms with Gasteiger partial charge in [-0.15, -0.1) is 0 Å². The Morgan fingerprint density at radius 3 is 2.43 bits per heavy atom. The van der Waals surface area contributed by atoms with Crippen LogP contribution in [0.3, 0.4) is 0 Å². The van der Waals surface area contributed by atoms with Crippen molar-refractivity contribution in [3.63, 3.8) is 0 Å². The van der Waals surface area contributed by atoms with E-state index in [4.69, 9.17) is 10.5 Å². The second-order valence-corrected chi connectivity index (χ2v) is 6.75. The van der Waals surface area contributed by atoms with Gasteiger partial charge in [-0.25, -0.2) is 0 Å². The number of nitrogens with zero attached hydrogens (tertiary/aromatic N) is 1. The fourth-order valence-electron chi connectivity index (χ4n) is 4.05. The lowest BCUT2D eigenvalue weighted by molar-refractivity contribution is -0.146. The standard InChI is InChI=1S/C16H25N3O4/c1-2-3-4-9(7-17)18-12(20)8-19-15(21)13-10-5-6-11(23-10)14(13)16(19)22/h9-11,13-14H,2-8,17H2,1H3,(H,18,20). The number of imide groups is 1.